The number of rotatable bonds is 7. The van der Waals surface area contributed by atoms with E-state index in [9.17, 15) is 16.8 Å². The van der Waals surface area contributed by atoms with Crippen LogP contribution in [-0.2, 0) is 25.1 Å². The van der Waals surface area contributed by atoms with Gasteiger partial charge in [-0.25, -0.2) is 16.8 Å². The molecular formula is C32H34O6S2. The van der Waals surface area contributed by atoms with E-state index < -0.39 is 19.7 Å². The van der Waals surface area contributed by atoms with Crippen molar-refractivity contribution in [2.75, 3.05) is 0 Å². The van der Waals surface area contributed by atoms with E-state index in [1.54, 1.807) is 48.5 Å². The van der Waals surface area contributed by atoms with E-state index in [4.69, 9.17) is 9.47 Å². The summed E-state index contributed by atoms with van der Waals surface area (Å²) in [5.41, 5.74) is 0.611. The van der Waals surface area contributed by atoms with Crippen molar-refractivity contribution < 1.29 is 26.3 Å². The summed E-state index contributed by atoms with van der Waals surface area (Å²) in [4.78, 5) is 0.250. The van der Waals surface area contributed by atoms with E-state index in [1.807, 2.05) is 32.9 Å². The van der Waals surface area contributed by atoms with Crippen molar-refractivity contribution in [1.82, 2.24) is 0 Å². The van der Waals surface area contributed by atoms with Crippen molar-refractivity contribution in [3.05, 3.63) is 103 Å². The normalized spacial score (nSPS) is 12.7. The van der Waals surface area contributed by atoms with Crippen LogP contribution < -0.4 is 9.47 Å². The van der Waals surface area contributed by atoms with Crippen molar-refractivity contribution in [1.29, 1.82) is 0 Å². The van der Waals surface area contributed by atoms with Gasteiger partial charge in [0, 0.05) is 0 Å². The van der Waals surface area contributed by atoms with E-state index >= 15 is 0 Å². The quantitative estimate of drug-likeness (QED) is 0.224. The third-order valence-corrected chi connectivity index (χ3v) is 9.66. The van der Waals surface area contributed by atoms with Gasteiger partial charge in [-0.2, -0.15) is 0 Å². The largest absolute Gasteiger partial charge is 0.488 e. The van der Waals surface area contributed by atoms with Crippen LogP contribution in [0.25, 0.3) is 0 Å². The number of benzene rings is 4. The molecular weight excluding hydrogens is 544 g/mol. The molecule has 0 unspecified atom stereocenters. The van der Waals surface area contributed by atoms with Crippen molar-refractivity contribution in [2.45, 2.75) is 72.1 Å². The maximum Gasteiger partial charge on any atom is 0.206 e. The van der Waals surface area contributed by atoms with Crippen molar-refractivity contribution >= 4 is 19.7 Å². The first-order valence-corrected chi connectivity index (χ1v) is 15.8. The van der Waals surface area contributed by atoms with Gasteiger partial charge in [-0.05, 0) is 117 Å². The van der Waals surface area contributed by atoms with Crippen LogP contribution in [0, 0.1) is 0 Å². The Hall–Kier alpha value is -3.62. The fourth-order valence-corrected chi connectivity index (χ4v) is 6.48. The highest BCUT2D eigenvalue weighted by Gasteiger charge is 2.22. The summed E-state index contributed by atoms with van der Waals surface area (Å²) in [5, 5.41) is 0. The minimum atomic E-state index is -3.87. The highest BCUT2D eigenvalue weighted by atomic mass is 32.2. The lowest BCUT2D eigenvalue weighted by atomic mass is 9.87. The number of sulfone groups is 2. The van der Waals surface area contributed by atoms with Crippen LogP contribution >= 0.6 is 0 Å². The molecule has 6 nitrogen and oxygen atoms in total. The summed E-state index contributed by atoms with van der Waals surface area (Å²) >= 11 is 0. The maximum absolute atomic E-state index is 13.2. The van der Waals surface area contributed by atoms with E-state index in [2.05, 4.69) is 20.8 Å². The predicted octanol–water partition coefficient (Wildman–Crippen LogP) is 7.62. The van der Waals surface area contributed by atoms with Gasteiger partial charge in [0.1, 0.15) is 22.8 Å². The molecule has 0 aromatic heterocycles. The Kier molecular flexibility index (Phi) is 7.89. The first kappa shape index (κ1) is 29.4. The van der Waals surface area contributed by atoms with Gasteiger partial charge in [-0.1, -0.05) is 32.9 Å². The van der Waals surface area contributed by atoms with E-state index in [-0.39, 0.29) is 30.6 Å². The maximum atomic E-state index is 13.2. The third kappa shape index (κ3) is 6.74. The van der Waals surface area contributed by atoms with Gasteiger partial charge in [0.15, 0.2) is 0 Å². The third-order valence-electron chi connectivity index (χ3n) is 6.09. The number of ether oxygens (including phenoxy) is 2. The Morgan fingerprint density at radius 1 is 0.450 bits per heavy atom. The average molecular weight is 579 g/mol. The van der Waals surface area contributed by atoms with E-state index in [0.29, 0.717) is 11.5 Å². The Labute approximate surface area is 237 Å². The molecule has 0 atom stereocenters. The summed E-state index contributed by atoms with van der Waals surface area (Å²) in [5.74, 6) is 1.78. The molecule has 4 rings (SSSR count). The molecule has 0 fully saturated rings. The second-order valence-corrected chi connectivity index (χ2v) is 15.4. The van der Waals surface area contributed by atoms with Crippen LogP contribution in [0.15, 0.2) is 117 Å². The first-order valence-electron chi connectivity index (χ1n) is 12.8. The van der Waals surface area contributed by atoms with Gasteiger partial charge >= 0.3 is 0 Å². The van der Waals surface area contributed by atoms with Crippen molar-refractivity contribution in [2.24, 2.45) is 0 Å². The molecule has 8 heteroatoms. The summed E-state index contributed by atoms with van der Waals surface area (Å²) < 4.78 is 64.3. The monoisotopic (exact) mass is 578 g/mol. The van der Waals surface area contributed by atoms with Crippen LogP contribution in [0.4, 0.5) is 0 Å². The molecule has 0 aliphatic carbocycles. The van der Waals surface area contributed by atoms with Crippen LogP contribution in [-0.4, -0.2) is 22.4 Å². The van der Waals surface area contributed by atoms with Gasteiger partial charge in [-0.15, -0.1) is 0 Å². The fraction of sp³-hybridized carbons (Fsp3) is 0.250. The molecule has 0 saturated heterocycles. The molecule has 4 aromatic rings. The topological polar surface area (TPSA) is 86.7 Å². The molecule has 0 aliphatic heterocycles. The number of hydrogen-bond acceptors (Lipinski definition) is 6. The molecule has 0 amide bonds. The molecule has 0 spiro atoms. The lowest BCUT2D eigenvalue weighted by molar-refractivity contribution is 0.131. The fourth-order valence-electron chi connectivity index (χ4n) is 3.96. The van der Waals surface area contributed by atoms with Gasteiger partial charge in [0.2, 0.25) is 19.7 Å². The summed E-state index contributed by atoms with van der Waals surface area (Å²) in [6.45, 7) is 12.1. The molecule has 0 aliphatic rings. The molecule has 0 heterocycles. The van der Waals surface area contributed by atoms with E-state index in [1.165, 1.54) is 36.4 Å². The lowest BCUT2D eigenvalue weighted by Crippen LogP contribution is -2.22. The summed E-state index contributed by atoms with van der Waals surface area (Å²) in [7, 11) is -7.66. The number of hydrogen-bond donors (Lipinski definition) is 0. The summed E-state index contributed by atoms with van der Waals surface area (Å²) in [6.07, 6.45) is 0. The van der Waals surface area contributed by atoms with Gasteiger partial charge in [0.25, 0.3) is 0 Å². The smallest absolute Gasteiger partial charge is 0.206 e. The minimum absolute atomic E-state index is 0.00219. The van der Waals surface area contributed by atoms with Gasteiger partial charge in [-0.3, -0.25) is 0 Å². The Morgan fingerprint density at radius 3 is 1.10 bits per heavy atom. The molecule has 0 saturated carbocycles. The zero-order chi connectivity index (χ0) is 29.3. The lowest BCUT2D eigenvalue weighted by Gasteiger charge is -2.21. The molecule has 210 valence electrons. The van der Waals surface area contributed by atoms with Gasteiger partial charge in [0.05, 0.1) is 19.6 Å². The molecule has 40 heavy (non-hydrogen) atoms. The second-order valence-electron chi connectivity index (χ2n) is 11.5. The zero-order valence-electron chi connectivity index (χ0n) is 23.5. The van der Waals surface area contributed by atoms with Crippen LogP contribution in [0.5, 0.6) is 17.2 Å². The van der Waals surface area contributed by atoms with Crippen LogP contribution in [0.1, 0.15) is 47.1 Å². The minimum Gasteiger partial charge on any atom is -0.488 e. The summed E-state index contributed by atoms with van der Waals surface area (Å²) in [6, 6.07) is 25.3. The molecule has 0 radical (unpaired) electrons. The van der Waals surface area contributed by atoms with Crippen molar-refractivity contribution in [3.8, 4) is 17.2 Å². The molecule has 0 N–H and O–H groups in total. The van der Waals surface area contributed by atoms with Crippen LogP contribution in [0.2, 0.25) is 0 Å². The van der Waals surface area contributed by atoms with E-state index in [0.717, 1.165) is 11.3 Å². The standard InChI is InChI=1S/C32H34O6S2/c1-31(2,3)23-7-15-27(16-8-23)39(33,34)29-19-21-30(22-20-29)40(35,36)28-17-13-25(14-18-28)37-24-9-11-26(12-10-24)38-32(4,5)6/h7-22H,1-6H3. The first-order chi connectivity index (χ1) is 18.6. The SMILES string of the molecule is CC(C)(C)Oc1ccc(Oc2ccc(S(=O)(=O)c3ccc(S(=O)(=O)c4ccc(C(C)(C)C)cc4)cc3)cc2)cc1. The Bertz CT molecular complexity index is 1670. The molecule has 4 aromatic carbocycles. The Balaban J connectivity index is 1.48. The average Bonchev–Trinajstić information content (AvgIpc) is 2.89. The second kappa shape index (κ2) is 10.7. The molecule has 0 bridgehead atoms. The highest BCUT2D eigenvalue weighted by Crippen LogP contribution is 2.30. The Morgan fingerprint density at radius 2 is 0.750 bits per heavy atom. The van der Waals surface area contributed by atoms with Gasteiger partial charge < -0.3 is 9.47 Å². The van der Waals surface area contributed by atoms with Crippen LogP contribution in [0.3, 0.4) is 0 Å². The predicted molar refractivity (Wildman–Crippen MR) is 156 cm³/mol. The zero-order valence-corrected chi connectivity index (χ0v) is 25.1. The highest BCUT2D eigenvalue weighted by molar-refractivity contribution is 7.92. The van der Waals surface area contributed by atoms with Crippen molar-refractivity contribution in [3.63, 3.8) is 0 Å².